The number of aromatic nitrogens is 2. The van der Waals surface area contributed by atoms with Crippen LogP contribution in [0.3, 0.4) is 0 Å². The molecule has 1 aliphatic heterocycles. The van der Waals surface area contributed by atoms with Gasteiger partial charge in [0.05, 0.1) is 32.5 Å². The second kappa shape index (κ2) is 8.42. The Bertz CT molecular complexity index is 676. The first-order valence-electron chi connectivity index (χ1n) is 8.58. The monoisotopic (exact) mass is 347 g/mol. The van der Waals surface area contributed by atoms with E-state index in [0.717, 1.165) is 30.7 Å². The Hall–Kier alpha value is -1.96. The van der Waals surface area contributed by atoms with E-state index in [4.69, 9.17) is 14.0 Å². The average Bonchev–Trinajstić information content (AvgIpc) is 3.23. The Morgan fingerprint density at radius 3 is 3.08 bits per heavy atom. The van der Waals surface area contributed by atoms with E-state index in [2.05, 4.69) is 15.0 Å². The van der Waals surface area contributed by atoms with Gasteiger partial charge in [-0.2, -0.15) is 4.98 Å². The summed E-state index contributed by atoms with van der Waals surface area (Å²) < 4.78 is 15.9. The maximum absolute atomic E-state index is 10.3. The van der Waals surface area contributed by atoms with Crippen molar-refractivity contribution < 1.29 is 19.1 Å². The molecule has 1 aliphatic rings. The average molecular weight is 347 g/mol. The summed E-state index contributed by atoms with van der Waals surface area (Å²) in [6.07, 6.45) is 1.49. The lowest BCUT2D eigenvalue weighted by atomic mass is 10.2. The third-order valence-electron chi connectivity index (χ3n) is 4.36. The van der Waals surface area contributed by atoms with Gasteiger partial charge in [0.1, 0.15) is 5.75 Å². The van der Waals surface area contributed by atoms with Gasteiger partial charge in [-0.1, -0.05) is 17.3 Å². The maximum atomic E-state index is 10.3. The third kappa shape index (κ3) is 4.78. The maximum Gasteiger partial charge on any atom is 0.223 e. The first-order chi connectivity index (χ1) is 12.2. The molecular formula is C18H25N3O4. The number of aliphatic hydroxyl groups excluding tert-OH is 1. The van der Waals surface area contributed by atoms with Crippen LogP contribution >= 0.6 is 0 Å². The lowest BCUT2D eigenvalue weighted by Gasteiger charge is -2.24. The highest BCUT2D eigenvalue weighted by Crippen LogP contribution is 2.30. The van der Waals surface area contributed by atoms with E-state index in [1.54, 1.807) is 14.0 Å². The van der Waals surface area contributed by atoms with Crippen LogP contribution < -0.4 is 4.74 Å². The first-order valence-corrected chi connectivity index (χ1v) is 8.58. The van der Waals surface area contributed by atoms with Crippen molar-refractivity contribution in [1.29, 1.82) is 0 Å². The van der Waals surface area contributed by atoms with Crippen molar-refractivity contribution in [3.8, 4) is 5.75 Å². The van der Waals surface area contributed by atoms with E-state index in [9.17, 15) is 5.11 Å². The largest absolute Gasteiger partial charge is 0.497 e. The van der Waals surface area contributed by atoms with Crippen molar-refractivity contribution in [3.63, 3.8) is 0 Å². The van der Waals surface area contributed by atoms with Gasteiger partial charge in [0.15, 0.2) is 5.82 Å². The molecule has 3 rings (SSSR count). The molecule has 7 heteroatoms. The molecule has 2 aromatic rings. The highest BCUT2D eigenvalue weighted by atomic mass is 16.5. The molecule has 25 heavy (non-hydrogen) atoms. The van der Waals surface area contributed by atoms with Crippen LogP contribution in [0.4, 0.5) is 0 Å². The van der Waals surface area contributed by atoms with Gasteiger partial charge in [0.2, 0.25) is 5.89 Å². The number of likely N-dealkylation sites (tertiary alicyclic amines) is 1. The van der Waals surface area contributed by atoms with Crippen molar-refractivity contribution in [2.45, 2.75) is 38.5 Å². The predicted molar refractivity (Wildman–Crippen MR) is 91.2 cm³/mol. The van der Waals surface area contributed by atoms with Gasteiger partial charge >= 0.3 is 0 Å². The molecule has 1 fully saturated rings. The second-order valence-electron chi connectivity index (χ2n) is 6.35. The molecule has 0 bridgehead atoms. The molecule has 1 saturated heterocycles. The van der Waals surface area contributed by atoms with Gasteiger partial charge < -0.3 is 19.1 Å². The molecule has 136 valence electrons. The molecule has 1 aromatic carbocycles. The number of β-amino-alcohol motifs (C(OH)–C–C–N with tert-alkyl or cyclic N) is 1. The zero-order chi connectivity index (χ0) is 17.6. The van der Waals surface area contributed by atoms with E-state index < -0.39 is 6.10 Å². The summed E-state index contributed by atoms with van der Waals surface area (Å²) in [5.74, 6) is 2.08. The molecule has 1 N–H and O–H groups in total. The zero-order valence-corrected chi connectivity index (χ0v) is 14.7. The number of rotatable bonds is 8. The molecule has 7 nitrogen and oxygen atoms in total. The van der Waals surface area contributed by atoms with Crippen LogP contribution in [-0.4, -0.2) is 53.1 Å². The number of benzene rings is 1. The summed E-state index contributed by atoms with van der Waals surface area (Å²) in [7, 11) is 1.64. The molecule has 0 amide bonds. The lowest BCUT2D eigenvalue weighted by Crippen LogP contribution is -2.35. The van der Waals surface area contributed by atoms with Crippen LogP contribution in [-0.2, 0) is 11.3 Å². The van der Waals surface area contributed by atoms with E-state index in [0.29, 0.717) is 24.9 Å². The standard InChI is InChI=1S/C18H25N3O4/c1-13-19-18(20-25-13)17-7-4-8-21(17)10-15(22)12-24-11-14-5-3-6-16(9-14)23-2/h3,5-6,9,15,17,22H,4,7-8,10-12H2,1-2H3. The van der Waals surface area contributed by atoms with Crippen molar-refractivity contribution in [3.05, 3.63) is 41.5 Å². The van der Waals surface area contributed by atoms with Crippen molar-refractivity contribution in [2.24, 2.45) is 0 Å². The fourth-order valence-corrected chi connectivity index (χ4v) is 3.19. The normalized spacial score (nSPS) is 19.2. The highest BCUT2D eigenvalue weighted by molar-refractivity contribution is 5.27. The number of nitrogens with zero attached hydrogens (tertiary/aromatic N) is 3. The van der Waals surface area contributed by atoms with Crippen LogP contribution in [0, 0.1) is 6.92 Å². The van der Waals surface area contributed by atoms with Crippen LogP contribution in [0.2, 0.25) is 0 Å². The summed E-state index contributed by atoms with van der Waals surface area (Å²) in [5.41, 5.74) is 1.02. The van der Waals surface area contributed by atoms with Crippen molar-refractivity contribution in [2.75, 3.05) is 26.8 Å². The summed E-state index contributed by atoms with van der Waals surface area (Å²) in [4.78, 5) is 6.52. The number of hydrogen-bond donors (Lipinski definition) is 1. The Kier molecular flexibility index (Phi) is 6.01. The minimum atomic E-state index is -0.556. The molecule has 2 heterocycles. The molecule has 2 unspecified atom stereocenters. The summed E-state index contributed by atoms with van der Waals surface area (Å²) in [6, 6.07) is 7.84. The third-order valence-corrected chi connectivity index (χ3v) is 4.36. The topological polar surface area (TPSA) is 80.9 Å². The van der Waals surface area contributed by atoms with Crippen molar-refractivity contribution >= 4 is 0 Å². The van der Waals surface area contributed by atoms with Gasteiger partial charge in [-0.15, -0.1) is 0 Å². The number of ether oxygens (including phenoxy) is 2. The molecule has 0 spiro atoms. The zero-order valence-electron chi connectivity index (χ0n) is 14.7. The van der Waals surface area contributed by atoms with Crippen LogP contribution in [0.25, 0.3) is 0 Å². The van der Waals surface area contributed by atoms with Gasteiger partial charge in [-0.3, -0.25) is 4.90 Å². The van der Waals surface area contributed by atoms with Gasteiger partial charge in [0, 0.05) is 13.5 Å². The van der Waals surface area contributed by atoms with Crippen LogP contribution in [0.1, 0.15) is 36.2 Å². The summed E-state index contributed by atoms with van der Waals surface area (Å²) in [5, 5.41) is 14.3. The smallest absolute Gasteiger partial charge is 0.223 e. The molecular weight excluding hydrogens is 322 g/mol. The van der Waals surface area contributed by atoms with Crippen LogP contribution in [0.5, 0.6) is 5.75 Å². The summed E-state index contributed by atoms with van der Waals surface area (Å²) >= 11 is 0. The molecule has 0 aliphatic carbocycles. The number of aryl methyl sites for hydroxylation is 1. The SMILES string of the molecule is COc1cccc(COCC(O)CN2CCCC2c2noc(C)n2)c1. The first kappa shape index (κ1) is 17.8. The lowest BCUT2D eigenvalue weighted by molar-refractivity contribution is 0.00707. The number of methoxy groups -OCH3 is 1. The quantitative estimate of drug-likeness (QED) is 0.783. The Morgan fingerprint density at radius 2 is 2.32 bits per heavy atom. The van der Waals surface area contributed by atoms with Gasteiger partial charge in [-0.25, -0.2) is 0 Å². The molecule has 0 saturated carbocycles. The van der Waals surface area contributed by atoms with E-state index in [1.807, 2.05) is 24.3 Å². The van der Waals surface area contributed by atoms with E-state index in [-0.39, 0.29) is 12.6 Å². The number of aliphatic hydroxyl groups is 1. The summed E-state index contributed by atoms with van der Waals surface area (Å²) in [6.45, 7) is 3.98. The molecule has 1 aromatic heterocycles. The van der Waals surface area contributed by atoms with Crippen molar-refractivity contribution in [1.82, 2.24) is 15.0 Å². The Labute approximate surface area is 147 Å². The second-order valence-corrected chi connectivity index (χ2v) is 6.35. The minimum Gasteiger partial charge on any atom is -0.497 e. The predicted octanol–water partition coefficient (Wildman–Crippen LogP) is 2.10. The fourth-order valence-electron chi connectivity index (χ4n) is 3.19. The Balaban J connectivity index is 1.46. The Morgan fingerprint density at radius 1 is 1.44 bits per heavy atom. The van der Waals surface area contributed by atoms with Gasteiger partial charge in [-0.05, 0) is 37.1 Å². The fraction of sp³-hybridized carbons (Fsp3) is 0.556. The minimum absolute atomic E-state index is 0.116. The highest BCUT2D eigenvalue weighted by Gasteiger charge is 2.30. The number of hydrogen-bond acceptors (Lipinski definition) is 7. The van der Waals surface area contributed by atoms with Gasteiger partial charge in [0.25, 0.3) is 0 Å². The molecule has 2 atom stereocenters. The van der Waals surface area contributed by atoms with Crippen LogP contribution in [0.15, 0.2) is 28.8 Å². The molecule has 0 radical (unpaired) electrons. The van der Waals surface area contributed by atoms with E-state index >= 15 is 0 Å². The van der Waals surface area contributed by atoms with E-state index in [1.165, 1.54) is 0 Å².